The molecule has 38 heavy (non-hydrogen) atoms. The first-order valence-electron chi connectivity index (χ1n) is 15.5. The lowest BCUT2D eigenvalue weighted by atomic mass is 10.0. The highest BCUT2D eigenvalue weighted by Gasteiger charge is 2.22. The Morgan fingerprint density at radius 1 is 0.711 bits per heavy atom. The lowest BCUT2D eigenvalue weighted by Crippen LogP contribution is -2.39. The van der Waals surface area contributed by atoms with Crippen molar-refractivity contribution in [3.8, 4) is 0 Å². The molecule has 1 unspecified atom stereocenters. The van der Waals surface area contributed by atoms with Gasteiger partial charge in [-0.15, -0.1) is 0 Å². The smallest absolute Gasteiger partial charge is 0.341 e. The summed E-state index contributed by atoms with van der Waals surface area (Å²) in [6.07, 6.45) is 22.6. The SMILES string of the molecule is CCCCCCCCCCCCCCCCCCN(CCCCOP(=O)(O)OCC[N+](C)(C)C)C(=O)NC. The van der Waals surface area contributed by atoms with Crippen LogP contribution in [0, 0.1) is 0 Å². The molecule has 0 saturated carbocycles. The number of nitrogens with zero attached hydrogens (tertiary/aromatic N) is 2. The first-order chi connectivity index (χ1) is 18.1. The quantitative estimate of drug-likeness (QED) is 0.0612. The number of quaternary nitrogens is 1. The molecule has 0 aliphatic rings. The average Bonchev–Trinajstić information content (AvgIpc) is 2.85. The minimum Gasteiger partial charge on any atom is -0.341 e. The zero-order chi connectivity index (χ0) is 28.5. The minimum absolute atomic E-state index is 0.0663. The number of unbranched alkanes of at least 4 members (excludes halogenated alkanes) is 16. The lowest BCUT2D eigenvalue weighted by molar-refractivity contribution is -0.870. The van der Waals surface area contributed by atoms with Crippen molar-refractivity contribution in [2.24, 2.45) is 0 Å². The van der Waals surface area contributed by atoms with E-state index in [2.05, 4.69) is 12.2 Å². The summed E-state index contributed by atoms with van der Waals surface area (Å²) >= 11 is 0. The fourth-order valence-electron chi connectivity index (χ4n) is 4.38. The Balaban J connectivity index is 3.74. The van der Waals surface area contributed by atoms with Gasteiger partial charge in [0.05, 0.1) is 27.7 Å². The molecule has 2 N–H and O–H groups in total. The second-order valence-corrected chi connectivity index (χ2v) is 13.2. The van der Waals surface area contributed by atoms with Crippen LogP contribution in [0.4, 0.5) is 4.79 Å². The monoisotopic (exact) mass is 564 g/mol. The molecule has 1 atom stereocenters. The summed E-state index contributed by atoms with van der Waals surface area (Å²) in [6, 6.07) is -0.0663. The third-order valence-electron chi connectivity index (χ3n) is 6.88. The number of carbonyl (C=O) groups excluding carboxylic acids is 1. The van der Waals surface area contributed by atoms with Crippen LogP contribution in [-0.2, 0) is 13.6 Å². The number of phosphoric ester groups is 1. The van der Waals surface area contributed by atoms with Gasteiger partial charge in [0, 0.05) is 20.1 Å². The molecule has 2 amide bonds. The van der Waals surface area contributed by atoms with Crippen LogP contribution in [0.3, 0.4) is 0 Å². The van der Waals surface area contributed by atoms with Crippen LogP contribution in [0.5, 0.6) is 0 Å². The molecular weight excluding hydrogens is 501 g/mol. The van der Waals surface area contributed by atoms with Gasteiger partial charge < -0.3 is 19.6 Å². The molecule has 0 aliphatic heterocycles. The maximum Gasteiger partial charge on any atom is 0.472 e. The maximum absolute atomic E-state index is 12.2. The summed E-state index contributed by atoms with van der Waals surface area (Å²) < 4.78 is 22.7. The van der Waals surface area contributed by atoms with Crippen LogP contribution >= 0.6 is 7.82 Å². The van der Waals surface area contributed by atoms with Crippen molar-refractivity contribution in [3.05, 3.63) is 0 Å². The summed E-state index contributed by atoms with van der Waals surface area (Å²) in [6.45, 7) is 4.55. The lowest BCUT2D eigenvalue weighted by Gasteiger charge is -2.24. The van der Waals surface area contributed by atoms with Gasteiger partial charge in [0.15, 0.2) is 0 Å². The molecule has 0 rings (SSSR count). The molecule has 0 aromatic carbocycles. The molecule has 0 heterocycles. The average molecular weight is 565 g/mol. The van der Waals surface area contributed by atoms with Crippen molar-refractivity contribution in [1.82, 2.24) is 10.2 Å². The van der Waals surface area contributed by atoms with Crippen LogP contribution in [-0.4, -0.2) is 81.3 Å². The van der Waals surface area contributed by atoms with E-state index in [1.165, 1.54) is 89.9 Å². The van der Waals surface area contributed by atoms with Gasteiger partial charge in [0.25, 0.3) is 0 Å². The summed E-state index contributed by atoms with van der Waals surface area (Å²) in [7, 11) is 3.61. The van der Waals surface area contributed by atoms with Gasteiger partial charge in [0.1, 0.15) is 13.2 Å². The number of carbonyl (C=O) groups is 1. The van der Waals surface area contributed by atoms with E-state index in [4.69, 9.17) is 9.05 Å². The number of nitrogens with one attached hydrogen (secondary N) is 1. The van der Waals surface area contributed by atoms with Crippen LogP contribution in [0.15, 0.2) is 0 Å². The van der Waals surface area contributed by atoms with E-state index in [9.17, 15) is 14.3 Å². The fraction of sp³-hybridized carbons (Fsp3) is 0.966. The van der Waals surface area contributed by atoms with Gasteiger partial charge in [-0.2, -0.15) is 0 Å². The second-order valence-electron chi connectivity index (χ2n) is 11.7. The Hall–Kier alpha value is -0.660. The summed E-state index contributed by atoms with van der Waals surface area (Å²) in [5.41, 5.74) is 0. The van der Waals surface area contributed by atoms with Crippen molar-refractivity contribution in [1.29, 1.82) is 0 Å². The number of phosphoric acid groups is 1. The van der Waals surface area contributed by atoms with E-state index < -0.39 is 7.82 Å². The van der Waals surface area contributed by atoms with Crippen molar-refractivity contribution >= 4 is 13.9 Å². The topological polar surface area (TPSA) is 88.1 Å². The summed E-state index contributed by atoms with van der Waals surface area (Å²) in [5.74, 6) is 0. The molecule has 0 bridgehead atoms. The first-order valence-corrected chi connectivity index (χ1v) is 17.0. The fourth-order valence-corrected chi connectivity index (χ4v) is 5.12. The van der Waals surface area contributed by atoms with E-state index in [-0.39, 0.29) is 19.2 Å². The highest BCUT2D eigenvalue weighted by atomic mass is 31.2. The molecule has 228 valence electrons. The Morgan fingerprint density at radius 2 is 1.11 bits per heavy atom. The Bertz CT molecular complexity index is 601. The van der Waals surface area contributed by atoms with Gasteiger partial charge in [-0.3, -0.25) is 9.05 Å². The molecule has 8 nitrogen and oxygen atoms in total. The van der Waals surface area contributed by atoms with Crippen molar-refractivity contribution in [2.45, 2.75) is 122 Å². The number of likely N-dealkylation sites (N-methyl/N-ethyl adjacent to an activating group) is 1. The number of hydrogen-bond acceptors (Lipinski definition) is 4. The van der Waals surface area contributed by atoms with Gasteiger partial charge in [-0.25, -0.2) is 9.36 Å². The maximum atomic E-state index is 12.2. The normalized spacial score (nSPS) is 13.4. The zero-order valence-corrected chi connectivity index (χ0v) is 26.6. The number of hydrogen-bond donors (Lipinski definition) is 2. The molecular formula is C29H63N3O5P+. The van der Waals surface area contributed by atoms with E-state index >= 15 is 0 Å². The zero-order valence-electron chi connectivity index (χ0n) is 25.7. The van der Waals surface area contributed by atoms with Gasteiger partial charge in [-0.1, -0.05) is 103 Å². The molecule has 0 fully saturated rings. The van der Waals surface area contributed by atoms with E-state index in [0.717, 1.165) is 19.4 Å². The number of amides is 2. The molecule has 0 aromatic rings. The van der Waals surface area contributed by atoms with Gasteiger partial charge in [-0.05, 0) is 19.3 Å². The molecule has 0 spiro atoms. The van der Waals surface area contributed by atoms with Crippen molar-refractivity contribution < 1.29 is 27.8 Å². The van der Waals surface area contributed by atoms with Crippen LogP contribution in [0.2, 0.25) is 0 Å². The summed E-state index contributed by atoms with van der Waals surface area (Å²) in [4.78, 5) is 23.8. The van der Waals surface area contributed by atoms with E-state index in [1.54, 1.807) is 7.05 Å². The predicted octanol–water partition coefficient (Wildman–Crippen LogP) is 7.51. The Labute approximate surface area is 235 Å². The molecule has 0 aromatic heterocycles. The van der Waals surface area contributed by atoms with Crippen LogP contribution in [0.1, 0.15) is 122 Å². The largest absolute Gasteiger partial charge is 0.472 e. The van der Waals surface area contributed by atoms with E-state index in [0.29, 0.717) is 30.4 Å². The molecule has 9 heteroatoms. The Morgan fingerprint density at radius 3 is 1.53 bits per heavy atom. The van der Waals surface area contributed by atoms with Gasteiger partial charge in [0.2, 0.25) is 0 Å². The number of urea groups is 1. The van der Waals surface area contributed by atoms with Crippen molar-refractivity contribution in [2.75, 3.05) is 61.0 Å². The highest BCUT2D eigenvalue weighted by Crippen LogP contribution is 2.43. The standard InChI is InChI=1S/C29H62N3O5P/c1-6-7-8-9-10-11-12-13-14-15-16-17-18-19-20-21-24-31(29(33)30-2)25-22-23-27-36-38(34,35)37-28-26-32(3,4)5/h6-28H2,1-5H3,(H-,30,33,34,35)/p+1. The Kier molecular flexibility index (Phi) is 23.7. The predicted molar refractivity (Wildman–Crippen MR) is 159 cm³/mol. The van der Waals surface area contributed by atoms with E-state index in [1.807, 2.05) is 26.0 Å². The third kappa shape index (κ3) is 25.6. The second kappa shape index (κ2) is 24.2. The minimum atomic E-state index is -4.02. The third-order valence-corrected chi connectivity index (χ3v) is 7.89. The number of rotatable bonds is 27. The summed E-state index contributed by atoms with van der Waals surface area (Å²) in [5, 5.41) is 2.72. The van der Waals surface area contributed by atoms with Crippen LogP contribution in [0.25, 0.3) is 0 Å². The van der Waals surface area contributed by atoms with Crippen molar-refractivity contribution in [3.63, 3.8) is 0 Å². The molecule has 0 aliphatic carbocycles. The van der Waals surface area contributed by atoms with Crippen LogP contribution < -0.4 is 5.32 Å². The first kappa shape index (κ1) is 37.3. The van der Waals surface area contributed by atoms with Gasteiger partial charge >= 0.3 is 13.9 Å². The highest BCUT2D eigenvalue weighted by molar-refractivity contribution is 7.47. The molecule has 0 saturated heterocycles. The molecule has 0 radical (unpaired) electrons.